The molecule has 0 bridgehead atoms. The van der Waals surface area contributed by atoms with E-state index >= 15 is 0 Å². The first kappa shape index (κ1) is 11.2. The lowest BCUT2D eigenvalue weighted by atomic mass is 10.1. The van der Waals surface area contributed by atoms with Crippen molar-refractivity contribution in [2.75, 3.05) is 5.32 Å². The fraction of sp³-hybridized carbons (Fsp3) is 0.250. The van der Waals surface area contributed by atoms with Crippen LogP contribution in [0.2, 0.25) is 0 Å². The Morgan fingerprint density at radius 2 is 1.94 bits per heavy atom. The molecule has 2 rings (SSSR count). The third-order valence-corrected chi connectivity index (χ3v) is 2.98. The van der Waals surface area contributed by atoms with E-state index in [1.54, 1.807) is 4.68 Å². The van der Waals surface area contributed by atoms with E-state index in [-0.39, 0.29) is 6.04 Å². The van der Waals surface area contributed by atoms with Crippen LogP contribution in [0.25, 0.3) is 0 Å². The van der Waals surface area contributed by atoms with Crippen molar-refractivity contribution in [3.8, 4) is 0 Å². The van der Waals surface area contributed by atoms with Crippen LogP contribution in [0.15, 0.2) is 41.0 Å². The van der Waals surface area contributed by atoms with Crippen LogP contribution in [0.1, 0.15) is 18.5 Å². The Morgan fingerprint density at radius 3 is 2.50 bits per heavy atom. The summed E-state index contributed by atoms with van der Waals surface area (Å²) in [6.07, 6.45) is 1.93. The Balaban J connectivity index is 2.08. The van der Waals surface area contributed by atoms with Crippen LogP contribution >= 0.6 is 15.9 Å². The monoisotopic (exact) mass is 279 g/mol. The zero-order valence-corrected chi connectivity index (χ0v) is 10.9. The van der Waals surface area contributed by atoms with Crippen molar-refractivity contribution in [3.63, 3.8) is 0 Å². The molecular weight excluding hydrogens is 266 g/mol. The Bertz CT molecular complexity index is 461. The lowest BCUT2D eigenvalue weighted by Crippen LogP contribution is -2.07. The summed E-state index contributed by atoms with van der Waals surface area (Å²) in [6, 6.07) is 10.5. The molecule has 4 heteroatoms. The number of hydrogen-bond donors (Lipinski definition) is 1. The van der Waals surface area contributed by atoms with Gasteiger partial charge in [0.1, 0.15) is 5.82 Å². The first-order chi connectivity index (χ1) is 7.65. The van der Waals surface area contributed by atoms with Gasteiger partial charge in [-0.15, -0.1) is 0 Å². The van der Waals surface area contributed by atoms with Gasteiger partial charge >= 0.3 is 0 Å². The van der Waals surface area contributed by atoms with Gasteiger partial charge in [-0.2, -0.15) is 5.10 Å². The van der Waals surface area contributed by atoms with Crippen LogP contribution in [0, 0.1) is 0 Å². The largest absolute Gasteiger partial charge is 0.362 e. The van der Waals surface area contributed by atoms with E-state index in [0.717, 1.165) is 10.3 Å². The third kappa shape index (κ3) is 2.64. The van der Waals surface area contributed by atoms with Gasteiger partial charge in [-0.1, -0.05) is 28.1 Å². The molecule has 1 heterocycles. The van der Waals surface area contributed by atoms with E-state index < -0.39 is 0 Å². The van der Waals surface area contributed by atoms with Gasteiger partial charge in [0.25, 0.3) is 0 Å². The summed E-state index contributed by atoms with van der Waals surface area (Å²) in [5, 5.41) is 7.64. The topological polar surface area (TPSA) is 29.9 Å². The molecule has 0 amide bonds. The number of rotatable bonds is 3. The number of hydrogen-bond acceptors (Lipinski definition) is 2. The molecule has 0 radical (unpaired) electrons. The van der Waals surface area contributed by atoms with E-state index in [1.165, 1.54) is 5.56 Å². The molecule has 16 heavy (non-hydrogen) atoms. The number of aryl methyl sites for hydroxylation is 1. The molecule has 2 aromatic rings. The molecular formula is C12H14BrN3. The highest BCUT2D eigenvalue weighted by Gasteiger charge is 2.06. The molecule has 0 saturated carbocycles. The molecule has 3 nitrogen and oxygen atoms in total. The molecule has 0 spiro atoms. The molecule has 84 valence electrons. The summed E-state index contributed by atoms with van der Waals surface area (Å²) in [5.41, 5.74) is 1.24. The molecule has 0 aliphatic rings. The van der Waals surface area contributed by atoms with Crippen LogP contribution in [-0.2, 0) is 7.05 Å². The molecule has 0 aliphatic heterocycles. The highest BCUT2D eigenvalue weighted by molar-refractivity contribution is 9.10. The Morgan fingerprint density at radius 1 is 1.25 bits per heavy atom. The quantitative estimate of drug-likeness (QED) is 0.934. The fourth-order valence-corrected chi connectivity index (χ4v) is 1.81. The van der Waals surface area contributed by atoms with E-state index in [0.29, 0.717) is 0 Å². The highest BCUT2D eigenvalue weighted by Crippen LogP contribution is 2.19. The summed E-state index contributed by atoms with van der Waals surface area (Å²) in [7, 11) is 1.91. The molecule has 0 fully saturated rings. The average Bonchev–Trinajstić information content (AvgIpc) is 2.65. The predicted molar refractivity (Wildman–Crippen MR) is 69.4 cm³/mol. The second kappa shape index (κ2) is 4.70. The molecule has 1 N–H and O–H groups in total. The number of aromatic nitrogens is 2. The third-order valence-electron chi connectivity index (χ3n) is 2.45. The van der Waals surface area contributed by atoms with Gasteiger partial charge in [-0.25, -0.2) is 0 Å². The SMILES string of the molecule is CC(Nc1ccn(C)n1)c1ccc(Br)cc1. The molecule has 1 unspecified atom stereocenters. The smallest absolute Gasteiger partial charge is 0.148 e. The number of halogens is 1. The fourth-order valence-electron chi connectivity index (χ4n) is 1.55. The van der Waals surface area contributed by atoms with Crippen molar-refractivity contribution in [3.05, 3.63) is 46.6 Å². The van der Waals surface area contributed by atoms with Gasteiger partial charge < -0.3 is 5.32 Å². The van der Waals surface area contributed by atoms with Gasteiger partial charge in [0.05, 0.1) is 0 Å². The maximum atomic E-state index is 4.29. The number of benzene rings is 1. The molecule has 0 saturated heterocycles. The van der Waals surface area contributed by atoms with Crippen LogP contribution in [-0.4, -0.2) is 9.78 Å². The number of nitrogens with zero attached hydrogens (tertiary/aromatic N) is 2. The Labute approximate surface area is 104 Å². The van der Waals surface area contributed by atoms with Gasteiger partial charge in [-0.05, 0) is 24.6 Å². The minimum absolute atomic E-state index is 0.253. The standard InChI is InChI=1S/C12H14BrN3/c1-9(10-3-5-11(13)6-4-10)14-12-7-8-16(2)15-12/h3-9H,1-2H3,(H,14,15). The van der Waals surface area contributed by atoms with Gasteiger partial charge in [0.15, 0.2) is 0 Å². The van der Waals surface area contributed by atoms with Crippen molar-refractivity contribution in [2.45, 2.75) is 13.0 Å². The molecule has 0 aliphatic carbocycles. The van der Waals surface area contributed by atoms with E-state index in [1.807, 2.05) is 31.4 Å². The van der Waals surface area contributed by atoms with Crippen LogP contribution in [0.3, 0.4) is 0 Å². The summed E-state index contributed by atoms with van der Waals surface area (Å²) >= 11 is 3.43. The van der Waals surface area contributed by atoms with Crippen molar-refractivity contribution in [1.29, 1.82) is 0 Å². The lowest BCUT2D eigenvalue weighted by molar-refractivity contribution is 0.760. The van der Waals surface area contributed by atoms with Gasteiger partial charge in [0, 0.05) is 29.8 Å². The summed E-state index contributed by atoms with van der Waals surface area (Å²) in [4.78, 5) is 0. The Hall–Kier alpha value is -1.29. The van der Waals surface area contributed by atoms with Gasteiger partial charge in [0.2, 0.25) is 0 Å². The normalized spacial score (nSPS) is 12.4. The van der Waals surface area contributed by atoms with Gasteiger partial charge in [-0.3, -0.25) is 4.68 Å². The Kier molecular flexibility index (Phi) is 3.29. The first-order valence-corrected chi connectivity index (χ1v) is 5.96. The van der Waals surface area contributed by atoms with Crippen LogP contribution < -0.4 is 5.32 Å². The van der Waals surface area contributed by atoms with E-state index in [2.05, 4.69) is 45.4 Å². The van der Waals surface area contributed by atoms with Crippen molar-refractivity contribution >= 4 is 21.7 Å². The molecule has 1 atom stereocenters. The summed E-state index contributed by atoms with van der Waals surface area (Å²) < 4.78 is 2.89. The van der Waals surface area contributed by atoms with E-state index in [4.69, 9.17) is 0 Å². The molecule has 1 aromatic carbocycles. The second-order valence-corrected chi connectivity index (χ2v) is 4.71. The lowest BCUT2D eigenvalue weighted by Gasteiger charge is -2.13. The minimum atomic E-state index is 0.253. The van der Waals surface area contributed by atoms with Crippen LogP contribution in [0.4, 0.5) is 5.82 Å². The highest BCUT2D eigenvalue weighted by atomic mass is 79.9. The maximum Gasteiger partial charge on any atom is 0.148 e. The van der Waals surface area contributed by atoms with Crippen molar-refractivity contribution < 1.29 is 0 Å². The second-order valence-electron chi connectivity index (χ2n) is 3.79. The zero-order valence-electron chi connectivity index (χ0n) is 9.31. The number of nitrogens with one attached hydrogen (secondary N) is 1. The van der Waals surface area contributed by atoms with E-state index in [9.17, 15) is 0 Å². The number of anilines is 1. The average molecular weight is 280 g/mol. The van der Waals surface area contributed by atoms with Crippen molar-refractivity contribution in [2.24, 2.45) is 7.05 Å². The van der Waals surface area contributed by atoms with Crippen molar-refractivity contribution in [1.82, 2.24) is 9.78 Å². The maximum absolute atomic E-state index is 4.29. The molecule has 1 aromatic heterocycles. The summed E-state index contributed by atoms with van der Waals surface area (Å²) in [5.74, 6) is 0.901. The first-order valence-electron chi connectivity index (χ1n) is 5.17. The predicted octanol–water partition coefficient (Wildman–Crippen LogP) is 3.36. The summed E-state index contributed by atoms with van der Waals surface area (Å²) in [6.45, 7) is 2.12. The van der Waals surface area contributed by atoms with Crippen LogP contribution in [0.5, 0.6) is 0 Å². The minimum Gasteiger partial charge on any atom is -0.362 e. The zero-order chi connectivity index (χ0) is 11.5.